The number of para-hydroxylation sites is 1. The highest BCUT2D eigenvalue weighted by atomic mass is 79.9. The van der Waals surface area contributed by atoms with Crippen molar-refractivity contribution in [2.75, 3.05) is 10.8 Å². The summed E-state index contributed by atoms with van der Waals surface area (Å²) in [7, 11) is -4.23. The van der Waals surface area contributed by atoms with Gasteiger partial charge in [0.05, 0.1) is 10.6 Å². The average molecular weight is 755 g/mol. The summed E-state index contributed by atoms with van der Waals surface area (Å²) in [6.07, 6.45) is 0.222. The number of nitrogens with zero attached hydrogens (tertiary/aromatic N) is 2. The van der Waals surface area contributed by atoms with E-state index in [1.807, 2.05) is 106 Å². The van der Waals surface area contributed by atoms with Gasteiger partial charge >= 0.3 is 0 Å². The predicted octanol–water partition coefficient (Wildman–Crippen LogP) is 7.99. The molecule has 0 saturated heterocycles. The van der Waals surface area contributed by atoms with Gasteiger partial charge in [0.15, 0.2) is 0 Å². The lowest BCUT2D eigenvalue weighted by atomic mass is 10.0. The number of sulfonamides is 1. The SMILES string of the molecule is CC(C)(C)NC(=O)[C@@H](Cc1ccccc1)N(Cc1cccc(Br)c1)C(=O)CN(c1ccc(Oc2ccccc2)cc1)S(=O)(=O)c1ccccc1. The Kier molecular flexibility index (Phi) is 11.8. The molecule has 8 nitrogen and oxygen atoms in total. The molecular formula is C40H40BrN3O5S. The molecule has 0 fully saturated rings. The van der Waals surface area contributed by atoms with Crippen LogP contribution in [0.2, 0.25) is 0 Å². The average Bonchev–Trinajstić information content (AvgIpc) is 3.09. The molecule has 5 aromatic carbocycles. The lowest BCUT2D eigenvalue weighted by Gasteiger charge is -2.35. The Balaban J connectivity index is 1.56. The number of benzene rings is 5. The molecule has 0 unspecified atom stereocenters. The molecular weight excluding hydrogens is 714 g/mol. The molecule has 50 heavy (non-hydrogen) atoms. The minimum absolute atomic E-state index is 0.0299. The largest absolute Gasteiger partial charge is 0.457 e. The predicted molar refractivity (Wildman–Crippen MR) is 200 cm³/mol. The maximum absolute atomic E-state index is 14.7. The van der Waals surface area contributed by atoms with Crippen molar-refractivity contribution in [2.45, 2.75) is 50.2 Å². The van der Waals surface area contributed by atoms with Gasteiger partial charge in [-0.25, -0.2) is 8.42 Å². The van der Waals surface area contributed by atoms with E-state index in [4.69, 9.17) is 4.74 Å². The zero-order valence-electron chi connectivity index (χ0n) is 28.2. The fraction of sp³-hybridized carbons (Fsp3) is 0.200. The van der Waals surface area contributed by atoms with Crippen molar-refractivity contribution in [2.24, 2.45) is 0 Å². The molecule has 258 valence electrons. The normalized spacial score (nSPS) is 12.1. The van der Waals surface area contributed by atoms with Gasteiger partial charge in [-0.15, -0.1) is 0 Å². The first-order valence-corrected chi connectivity index (χ1v) is 18.4. The summed E-state index contributed by atoms with van der Waals surface area (Å²) >= 11 is 3.52. The topological polar surface area (TPSA) is 96.0 Å². The molecule has 0 aliphatic heterocycles. The van der Waals surface area contributed by atoms with Crippen molar-refractivity contribution < 1.29 is 22.7 Å². The van der Waals surface area contributed by atoms with E-state index in [2.05, 4.69) is 21.2 Å². The number of ether oxygens (including phenoxy) is 1. The van der Waals surface area contributed by atoms with E-state index >= 15 is 0 Å². The Morgan fingerprint density at radius 3 is 1.90 bits per heavy atom. The second-order valence-corrected chi connectivity index (χ2v) is 15.6. The monoisotopic (exact) mass is 753 g/mol. The Hall–Kier alpha value is -4.93. The summed E-state index contributed by atoms with van der Waals surface area (Å²) in [4.78, 5) is 30.3. The van der Waals surface area contributed by atoms with Crippen LogP contribution < -0.4 is 14.4 Å². The third-order valence-electron chi connectivity index (χ3n) is 7.72. The van der Waals surface area contributed by atoms with E-state index in [0.29, 0.717) is 11.5 Å². The van der Waals surface area contributed by atoms with Crippen LogP contribution in [0.5, 0.6) is 11.5 Å². The quantitative estimate of drug-likeness (QED) is 0.132. The number of rotatable bonds is 13. The summed E-state index contributed by atoms with van der Waals surface area (Å²) in [5.41, 5.74) is 1.32. The maximum atomic E-state index is 14.7. The Bertz CT molecular complexity index is 1990. The first-order valence-electron chi connectivity index (χ1n) is 16.2. The zero-order valence-corrected chi connectivity index (χ0v) is 30.6. The van der Waals surface area contributed by atoms with Crippen LogP contribution in [0.25, 0.3) is 0 Å². The molecule has 5 aromatic rings. The maximum Gasteiger partial charge on any atom is 0.264 e. The molecule has 0 saturated carbocycles. The number of halogens is 1. The van der Waals surface area contributed by atoms with Gasteiger partial charge in [-0.05, 0) is 92.6 Å². The summed E-state index contributed by atoms with van der Waals surface area (Å²) in [5.74, 6) is 0.246. The van der Waals surface area contributed by atoms with Crippen LogP contribution in [0, 0.1) is 0 Å². The number of carbonyl (C=O) groups excluding carboxylic acids is 2. The van der Waals surface area contributed by atoms with Gasteiger partial charge in [0.2, 0.25) is 11.8 Å². The number of nitrogens with one attached hydrogen (secondary N) is 1. The molecule has 0 aliphatic rings. The van der Waals surface area contributed by atoms with Crippen LogP contribution in [0.15, 0.2) is 149 Å². The number of hydrogen-bond donors (Lipinski definition) is 1. The second-order valence-electron chi connectivity index (χ2n) is 12.8. The highest BCUT2D eigenvalue weighted by Crippen LogP contribution is 2.29. The fourth-order valence-electron chi connectivity index (χ4n) is 5.39. The lowest BCUT2D eigenvalue weighted by molar-refractivity contribution is -0.140. The van der Waals surface area contributed by atoms with Crippen LogP contribution in [0.1, 0.15) is 31.9 Å². The van der Waals surface area contributed by atoms with E-state index in [-0.39, 0.29) is 29.5 Å². The van der Waals surface area contributed by atoms with Gasteiger partial charge in [0.1, 0.15) is 24.1 Å². The van der Waals surface area contributed by atoms with E-state index in [1.54, 1.807) is 42.5 Å². The third-order valence-corrected chi connectivity index (χ3v) is 10.0. The van der Waals surface area contributed by atoms with E-state index in [1.165, 1.54) is 17.0 Å². The Morgan fingerprint density at radius 2 is 1.30 bits per heavy atom. The molecule has 2 amide bonds. The standard InChI is InChI=1S/C40H40BrN3O5S/c1-40(2,3)42-39(46)37(27-30-14-7-4-8-15-30)43(28-31-16-13-17-32(41)26-31)38(45)29-44(50(47,48)36-20-11-6-12-21-36)33-22-24-35(25-23-33)49-34-18-9-5-10-19-34/h4-26,37H,27-29H2,1-3H3,(H,42,46)/t37-/m1/s1. The van der Waals surface area contributed by atoms with Crippen molar-refractivity contribution in [3.05, 3.63) is 155 Å². The van der Waals surface area contributed by atoms with Gasteiger partial charge in [-0.3, -0.25) is 13.9 Å². The van der Waals surface area contributed by atoms with Gasteiger partial charge in [0, 0.05) is 23.0 Å². The molecule has 5 rings (SSSR count). The first kappa shape index (κ1) is 36.4. The summed E-state index contributed by atoms with van der Waals surface area (Å²) in [6.45, 7) is 5.15. The summed E-state index contributed by atoms with van der Waals surface area (Å²) in [6, 6.07) is 39.8. The zero-order chi connectivity index (χ0) is 35.7. The molecule has 0 radical (unpaired) electrons. The Labute approximate surface area is 302 Å². The molecule has 0 aliphatic carbocycles. The first-order chi connectivity index (χ1) is 23.9. The van der Waals surface area contributed by atoms with Crippen molar-refractivity contribution >= 4 is 43.5 Å². The fourth-order valence-corrected chi connectivity index (χ4v) is 7.27. The van der Waals surface area contributed by atoms with Crippen molar-refractivity contribution in [3.63, 3.8) is 0 Å². The molecule has 0 bridgehead atoms. The van der Waals surface area contributed by atoms with Crippen molar-refractivity contribution in [1.82, 2.24) is 10.2 Å². The molecule has 1 atom stereocenters. The van der Waals surface area contributed by atoms with Gasteiger partial charge in [-0.1, -0.05) is 94.8 Å². The van der Waals surface area contributed by atoms with Crippen LogP contribution in [-0.2, 0) is 32.6 Å². The number of carbonyl (C=O) groups is 2. The highest BCUT2D eigenvalue weighted by molar-refractivity contribution is 9.10. The molecule has 0 aromatic heterocycles. The minimum atomic E-state index is -4.23. The van der Waals surface area contributed by atoms with Crippen LogP contribution in [0.4, 0.5) is 5.69 Å². The van der Waals surface area contributed by atoms with Crippen LogP contribution in [0.3, 0.4) is 0 Å². The molecule has 10 heteroatoms. The number of anilines is 1. The summed E-state index contributed by atoms with van der Waals surface area (Å²) < 4.78 is 36.4. The van der Waals surface area contributed by atoms with E-state index in [0.717, 1.165) is 19.9 Å². The Morgan fingerprint density at radius 1 is 0.740 bits per heavy atom. The van der Waals surface area contributed by atoms with Crippen LogP contribution >= 0.6 is 15.9 Å². The van der Waals surface area contributed by atoms with Crippen LogP contribution in [-0.4, -0.2) is 43.3 Å². The smallest absolute Gasteiger partial charge is 0.264 e. The van der Waals surface area contributed by atoms with Gasteiger partial charge in [-0.2, -0.15) is 0 Å². The van der Waals surface area contributed by atoms with Crippen molar-refractivity contribution in [1.29, 1.82) is 0 Å². The molecule has 0 spiro atoms. The van der Waals surface area contributed by atoms with Crippen molar-refractivity contribution in [3.8, 4) is 11.5 Å². The lowest BCUT2D eigenvalue weighted by Crippen LogP contribution is -2.56. The number of amides is 2. The minimum Gasteiger partial charge on any atom is -0.457 e. The third kappa shape index (κ3) is 9.83. The summed E-state index contributed by atoms with van der Waals surface area (Å²) in [5, 5.41) is 3.05. The van der Waals surface area contributed by atoms with Gasteiger partial charge < -0.3 is 15.0 Å². The van der Waals surface area contributed by atoms with E-state index in [9.17, 15) is 18.0 Å². The van der Waals surface area contributed by atoms with E-state index < -0.39 is 34.1 Å². The van der Waals surface area contributed by atoms with Gasteiger partial charge in [0.25, 0.3) is 10.0 Å². The highest BCUT2D eigenvalue weighted by Gasteiger charge is 2.35. The molecule has 1 N–H and O–H groups in total. The second kappa shape index (κ2) is 16.2. The number of hydrogen-bond acceptors (Lipinski definition) is 5. The molecule has 0 heterocycles.